The summed E-state index contributed by atoms with van der Waals surface area (Å²) >= 11 is 0. The van der Waals surface area contributed by atoms with Gasteiger partial charge in [-0.15, -0.1) is 0 Å². The van der Waals surface area contributed by atoms with Crippen molar-refractivity contribution in [1.29, 1.82) is 0 Å². The third-order valence-corrected chi connectivity index (χ3v) is 6.36. The second kappa shape index (κ2) is 5.29. The molecule has 3 rings (SSSR count). The molecule has 0 aromatic carbocycles. The van der Waals surface area contributed by atoms with Crippen LogP contribution < -0.4 is 0 Å². The molecule has 4 unspecified atom stereocenters. The lowest BCUT2D eigenvalue weighted by Crippen LogP contribution is -2.49. The first-order chi connectivity index (χ1) is 9.89. The zero-order valence-electron chi connectivity index (χ0n) is 13.2. The maximum absolute atomic E-state index is 12.8. The molecule has 2 saturated carbocycles. The summed E-state index contributed by atoms with van der Waals surface area (Å²) in [6.45, 7) is 5.04. The Kier molecular flexibility index (Phi) is 3.74. The number of fused-ring (bicyclic) bond motifs is 2. The lowest BCUT2D eigenvalue weighted by Gasteiger charge is -2.40. The summed E-state index contributed by atoms with van der Waals surface area (Å²) in [5.74, 6) is 1.26. The summed E-state index contributed by atoms with van der Waals surface area (Å²) < 4.78 is 0. The maximum Gasteiger partial charge on any atom is 0.309 e. The summed E-state index contributed by atoms with van der Waals surface area (Å²) in [5, 5.41) is 9.41. The van der Waals surface area contributed by atoms with Gasteiger partial charge in [0.25, 0.3) is 0 Å². The topological polar surface area (TPSA) is 57.6 Å². The number of carbonyl (C=O) groups is 2. The lowest BCUT2D eigenvalue weighted by atomic mass is 9.74. The van der Waals surface area contributed by atoms with Crippen LogP contribution in [0.25, 0.3) is 0 Å². The zero-order chi connectivity index (χ0) is 15.2. The van der Waals surface area contributed by atoms with Gasteiger partial charge in [0.1, 0.15) is 0 Å². The Morgan fingerprint density at radius 1 is 1.14 bits per heavy atom. The van der Waals surface area contributed by atoms with Gasteiger partial charge in [-0.2, -0.15) is 0 Å². The average molecular weight is 293 g/mol. The van der Waals surface area contributed by atoms with Crippen molar-refractivity contribution >= 4 is 11.9 Å². The van der Waals surface area contributed by atoms with Gasteiger partial charge >= 0.3 is 5.97 Å². The number of nitrogens with zero attached hydrogens (tertiary/aromatic N) is 1. The number of aliphatic carboxylic acids is 1. The van der Waals surface area contributed by atoms with Crippen molar-refractivity contribution < 1.29 is 14.7 Å². The summed E-state index contributed by atoms with van der Waals surface area (Å²) in [4.78, 5) is 26.2. The highest BCUT2D eigenvalue weighted by Crippen LogP contribution is 2.49. The maximum atomic E-state index is 12.8. The second-order valence-electron chi connectivity index (χ2n) is 7.93. The molecule has 0 aromatic rings. The number of piperidine rings is 1. The molecule has 3 fully saturated rings. The Morgan fingerprint density at radius 3 is 2.48 bits per heavy atom. The van der Waals surface area contributed by atoms with Gasteiger partial charge in [-0.25, -0.2) is 0 Å². The zero-order valence-corrected chi connectivity index (χ0v) is 13.2. The Bertz CT molecular complexity index is 445. The minimum Gasteiger partial charge on any atom is -0.481 e. The van der Waals surface area contributed by atoms with Gasteiger partial charge in [0.05, 0.1) is 5.41 Å². The van der Waals surface area contributed by atoms with E-state index in [1.807, 2.05) is 4.90 Å². The van der Waals surface area contributed by atoms with Crippen LogP contribution in [0.15, 0.2) is 0 Å². The molecule has 4 atom stereocenters. The molecule has 0 spiro atoms. The van der Waals surface area contributed by atoms with Gasteiger partial charge in [-0.3, -0.25) is 9.59 Å². The molecule has 3 aliphatic rings. The first-order valence-electron chi connectivity index (χ1n) is 8.41. The molecule has 1 heterocycles. The molecule has 0 radical (unpaired) electrons. The van der Waals surface area contributed by atoms with Crippen LogP contribution in [0.4, 0.5) is 0 Å². The number of carboxylic acid groups (broad SMARTS) is 1. The normalized spacial score (nSPS) is 36.0. The van der Waals surface area contributed by atoms with E-state index in [0.717, 1.165) is 31.7 Å². The monoisotopic (exact) mass is 293 g/mol. The Morgan fingerprint density at radius 2 is 1.90 bits per heavy atom. The summed E-state index contributed by atoms with van der Waals surface area (Å²) in [5.41, 5.74) is -0.742. The lowest BCUT2D eigenvalue weighted by molar-refractivity contribution is -0.154. The summed E-state index contributed by atoms with van der Waals surface area (Å²) in [6, 6.07) is 0. The third-order valence-electron chi connectivity index (χ3n) is 6.36. The largest absolute Gasteiger partial charge is 0.481 e. The second-order valence-corrected chi connectivity index (χ2v) is 7.93. The molecule has 1 aliphatic heterocycles. The van der Waals surface area contributed by atoms with Crippen LogP contribution in [0.5, 0.6) is 0 Å². The Labute approximate surface area is 126 Å². The first kappa shape index (κ1) is 14.9. The molecule has 21 heavy (non-hydrogen) atoms. The van der Waals surface area contributed by atoms with Gasteiger partial charge in [-0.05, 0) is 63.7 Å². The van der Waals surface area contributed by atoms with Crippen molar-refractivity contribution in [1.82, 2.24) is 4.90 Å². The van der Waals surface area contributed by atoms with Gasteiger partial charge in [0.2, 0.25) is 5.91 Å². The third kappa shape index (κ3) is 2.58. The number of rotatable bonds is 3. The quantitative estimate of drug-likeness (QED) is 0.870. The summed E-state index contributed by atoms with van der Waals surface area (Å²) in [7, 11) is 0. The molecule has 1 amide bonds. The fourth-order valence-electron chi connectivity index (χ4n) is 4.72. The van der Waals surface area contributed by atoms with Gasteiger partial charge in [0.15, 0.2) is 0 Å². The van der Waals surface area contributed by atoms with E-state index < -0.39 is 11.4 Å². The highest BCUT2D eigenvalue weighted by atomic mass is 16.4. The summed E-state index contributed by atoms with van der Waals surface area (Å²) in [6.07, 6.45) is 6.71. The van der Waals surface area contributed by atoms with Crippen LogP contribution in [-0.4, -0.2) is 35.0 Å². The fourth-order valence-corrected chi connectivity index (χ4v) is 4.72. The SMILES string of the molecule is CC(C)(C(=O)O)C1CCCN(C(=O)C2CC3CCC2C3)C1. The first-order valence-corrected chi connectivity index (χ1v) is 8.41. The number of hydrogen-bond acceptors (Lipinski definition) is 2. The molecule has 4 heteroatoms. The van der Waals surface area contributed by atoms with Crippen LogP contribution >= 0.6 is 0 Å². The standard InChI is InChI=1S/C17H27NO3/c1-17(2,16(20)21)13-4-3-7-18(10-13)15(19)14-9-11-5-6-12(14)8-11/h11-14H,3-10H2,1-2H3,(H,20,21). The van der Waals surface area contributed by atoms with Crippen LogP contribution in [0, 0.1) is 29.1 Å². The van der Waals surface area contributed by atoms with Gasteiger partial charge in [0, 0.05) is 19.0 Å². The number of hydrogen-bond donors (Lipinski definition) is 1. The average Bonchev–Trinajstić information content (AvgIpc) is 3.09. The van der Waals surface area contributed by atoms with Gasteiger partial charge in [-0.1, -0.05) is 6.42 Å². The molecule has 1 N–H and O–H groups in total. The number of carbonyl (C=O) groups excluding carboxylic acids is 1. The molecule has 118 valence electrons. The van der Waals surface area contributed by atoms with E-state index in [4.69, 9.17) is 0 Å². The van der Waals surface area contributed by atoms with E-state index in [1.165, 1.54) is 19.3 Å². The molecule has 2 aliphatic carbocycles. The van der Waals surface area contributed by atoms with Crippen molar-refractivity contribution in [2.24, 2.45) is 29.1 Å². The molecular weight excluding hydrogens is 266 g/mol. The molecule has 2 bridgehead atoms. The van der Waals surface area contributed by atoms with E-state index in [9.17, 15) is 14.7 Å². The highest BCUT2D eigenvalue weighted by molar-refractivity contribution is 5.80. The number of carboxylic acids is 1. The minimum absolute atomic E-state index is 0.0753. The molecule has 0 aromatic heterocycles. The Balaban J connectivity index is 1.66. The van der Waals surface area contributed by atoms with Crippen molar-refractivity contribution in [3.05, 3.63) is 0 Å². The molecule has 1 saturated heterocycles. The predicted molar refractivity (Wildman–Crippen MR) is 79.7 cm³/mol. The number of likely N-dealkylation sites (tertiary alicyclic amines) is 1. The van der Waals surface area contributed by atoms with E-state index in [2.05, 4.69) is 0 Å². The smallest absolute Gasteiger partial charge is 0.309 e. The van der Waals surface area contributed by atoms with E-state index >= 15 is 0 Å². The van der Waals surface area contributed by atoms with Crippen molar-refractivity contribution in [2.45, 2.75) is 52.4 Å². The Hall–Kier alpha value is -1.06. The molecule has 4 nitrogen and oxygen atoms in total. The van der Waals surface area contributed by atoms with Gasteiger partial charge < -0.3 is 10.0 Å². The van der Waals surface area contributed by atoms with Crippen molar-refractivity contribution in [3.8, 4) is 0 Å². The van der Waals surface area contributed by atoms with E-state index in [-0.39, 0.29) is 11.8 Å². The minimum atomic E-state index is -0.748. The number of amides is 1. The molecular formula is C17H27NO3. The van der Waals surface area contributed by atoms with Crippen LogP contribution in [0.3, 0.4) is 0 Å². The van der Waals surface area contributed by atoms with Crippen LogP contribution in [0.1, 0.15) is 52.4 Å². The van der Waals surface area contributed by atoms with Crippen molar-refractivity contribution in [2.75, 3.05) is 13.1 Å². The van der Waals surface area contributed by atoms with E-state index in [0.29, 0.717) is 18.4 Å². The van der Waals surface area contributed by atoms with Crippen LogP contribution in [-0.2, 0) is 9.59 Å². The predicted octanol–water partition coefficient (Wildman–Crippen LogP) is 2.77. The van der Waals surface area contributed by atoms with E-state index in [1.54, 1.807) is 13.8 Å². The fraction of sp³-hybridized carbons (Fsp3) is 0.882. The highest BCUT2D eigenvalue weighted by Gasteiger charge is 2.46. The van der Waals surface area contributed by atoms with Crippen LogP contribution in [0.2, 0.25) is 0 Å². The van der Waals surface area contributed by atoms with Crippen molar-refractivity contribution in [3.63, 3.8) is 0 Å².